The highest BCUT2D eigenvalue weighted by Crippen LogP contribution is 2.39. The zero-order valence-corrected chi connectivity index (χ0v) is 32.7. The van der Waals surface area contributed by atoms with Crippen molar-refractivity contribution in [1.29, 1.82) is 0 Å². The minimum atomic E-state index is -0.529. The third-order valence-corrected chi connectivity index (χ3v) is 11.2. The molecule has 0 aliphatic carbocycles. The second kappa shape index (κ2) is 19.7. The second-order valence-electron chi connectivity index (χ2n) is 15.4. The zero-order valence-electron chi connectivity index (χ0n) is 32.7. The number of unbranched alkanes of at least 4 members (excludes halogenated alkanes) is 3. The number of hydrogen-bond acceptors (Lipinski definition) is 9. The van der Waals surface area contributed by atoms with Crippen LogP contribution in [0.15, 0.2) is 97.1 Å². The van der Waals surface area contributed by atoms with Gasteiger partial charge < -0.3 is 45.3 Å². The van der Waals surface area contributed by atoms with Crippen LogP contribution in [0.3, 0.4) is 0 Å². The van der Waals surface area contributed by atoms with Crippen LogP contribution < -0.4 is 16.4 Å². The molecule has 57 heavy (non-hydrogen) atoms. The number of aliphatic hydroxyl groups excluding tert-OH is 1. The Hall–Kier alpha value is -4.62. The molecular weight excluding hydrogens is 721 g/mol. The molecule has 4 aromatic rings. The maximum Gasteiger partial charge on any atom is 0.224 e. The van der Waals surface area contributed by atoms with E-state index in [-0.39, 0.29) is 30.6 Å². The first-order chi connectivity index (χ1) is 27.8. The summed E-state index contributed by atoms with van der Waals surface area (Å²) in [7, 11) is 0. The number of hydrogen-bond donors (Lipinski definition) is 4. The van der Waals surface area contributed by atoms with Gasteiger partial charge in [-0.05, 0) is 58.9 Å². The molecule has 3 heterocycles. The van der Waals surface area contributed by atoms with Gasteiger partial charge in [0.25, 0.3) is 0 Å². The first kappa shape index (κ1) is 40.6. The summed E-state index contributed by atoms with van der Waals surface area (Å²) in [5, 5.41) is 15.5. The Morgan fingerprint density at radius 1 is 0.754 bits per heavy atom. The molecule has 5 N–H and O–H groups in total. The number of nitrogens with one attached hydrogen (secondary N) is 2. The molecule has 3 fully saturated rings. The Balaban J connectivity index is 0.886. The lowest BCUT2D eigenvalue weighted by molar-refractivity contribution is -0.255. The standard InChI is InChI=1S/C46H56N4O7/c47-40-10-5-6-11-41(40)49-44(53)13-4-2-1-3-12-43(52)48-30-34-8-7-9-38(28-34)35-18-20-37(21-19-35)45-56-39(29-42(57-45)36-16-14-33(32-51)15-17-36)31-50-24-22-46(23-25-50)54-26-27-55-46/h5-11,14-21,28,39,42,45,51H,1-4,12-13,22-27,29-32,47H2,(H,48,52)(H,49,53). The van der Waals surface area contributed by atoms with Crippen LogP contribution in [0.2, 0.25) is 0 Å². The van der Waals surface area contributed by atoms with Crippen molar-refractivity contribution >= 4 is 23.2 Å². The summed E-state index contributed by atoms with van der Waals surface area (Å²) in [5.41, 5.74) is 13.2. The molecule has 4 aromatic carbocycles. The number of nitrogens with zero attached hydrogens (tertiary/aromatic N) is 1. The maximum absolute atomic E-state index is 12.6. The summed E-state index contributed by atoms with van der Waals surface area (Å²) in [5.74, 6) is -0.434. The number of amides is 2. The number of anilines is 2. The Labute approximate surface area is 335 Å². The fourth-order valence-corrected chi connectivity index (χ4v) is 7.91. The Bertz CT molecular complexity index is 1900. The van der Waals surface area contributed by atoms with Crippen LogP contribution in [0.5, 0.6) is 0 Å². The van der Waals surface area contributed by atoms with Crippen molar-refractivity contribution in [3.63, 3.8) is 0 Å². The minimum Gasteiger partial charge on any atom is -0.397 e. The molecule has 1 spiro atoms. The predicted octanol–water partition coefficient (Wildman–Crippen LogP) is 7.41. The highest BCUT2D eigenvalue weighted by atomic mass is 16.7. The molecule has 3 unspecified atom stereocenters. The molecule has 3 aliphatic heterocycles. The molecular formula is C46H56N4O7. The van der Waals surface area contributed by atoms with E-state index in [1.165, 1.54) is 0 Å². The number of carbonyl (C=O) groups excluding carboxylic acids is 2. The summed E-state index contributed by atoms with van der Waals surface area (Å²) in [6.07, 6.45) is 5.95. The van der Waals surface area contributed by atoms with Crippen LogP contribution in [0, 0.1) is 0 Å². The maximum atomic E-state index is 12.6. The summed E-state index contributed by atoms with van der Waals surface area (Å²) < 4.78 is 25.2. The summed E-state index contributed by atoms with van der Waals surface area (Å²) in [4.78, 5) is 27.3. The van der Waals surface area contributed by atoms with Crippen LogP contribution in [-0.4, -0.2) is 66.6 Å². The molecule has 3 aliphatic rings. The van der Waals surface area contributed by atoms with Gasteiger partial charge >= 0.3 is 0 Å². The van der Waals surface area contributed by atoms with E-state index in [1.54, 1.807) is 12.1 Å². The topological polar surface area (TPSA) is 145 Å². The van der Waals surface area contributed by atoms with Gasteiger partial charge in [0, 0.05) is 63.8 Å². The quantitative estimate of drug-likeness (QED) is 0.0676. The van der Waals surface area contributed by atoms with Gasteiger partial charge in [0.1, 0.15) is 0 Å². The van der Waals surface area contributed by atoms with E-state index < -0.39 is 12.1 Å². The average Bonchev–Trinajstić information content (AvgIpc) is 3.71. The van der Waals surface area contributed by atoms with Crippen molar-refractivity contribution in [2.75, 3.05) is 43.9 Å². The third-order valence-electron chi connectivity index (χ3n) is 11.2. The number of likely N-dealkylation sites (tertiary alicyclic amines) is 1. The number of aliphatic hydroxyl groups is 1. The van der Waals surface area contributed by atoms with Gasteiger partial charge in [-0.1, -0.05) is 91.7 Å². The van der Waals surface area contributed by atoms with E-state index in [0.29, 0.717) is 44.0 Å². The largest absolute Gasteiger partial charge is 0.397 e. The molecule has 11 heteroatoms. The summed E-state index contributed by atoms with van der Waals surface area (Å²) in [6, 6.07) is 31.8. The number of ether oxygens (including phenoxy) is 4. The molecule has 0 radical (unpaired) electrons. The van der Waals surface area contributed by atoms with E-state index in [0.717, 1.165) is 98.0 Å². The highest BCUT2D eigenvalue weighted by Gasteiger charge is 2.41. The molecule has 3 saturated heterocycles. The molecule has 2 amide bonds. The number of nitrogens with two attached hydrogens (primary N) is 1. The zero-order chi connectivity index (χ0) is 39.5. The van der Waals surface area contributed by atoms with E-state index in [9.17, 15) is 14.7 Å². The number of rotatable bonds is 16. The van der Waals surface area contributed by atoms with Gasteiger partial charge in [-0.15, -0.1) is 0 Å². The van der Waals surface area contributed by atoms with Crippen LogP contribution in [-0.2, 0) is 41.7 Å². The Kier molecular flexibility index (Phi) is 14.0. The van der Waals surface area contributed by atoms with Crippen molar-refractivity contribution in [2.24, 2.45) is 0 Å². The van der Waals surface area contributed by atoms with Gasteiger partial charge in [0.15, 0.2) is 12.1 Å². The van der Waals surface area contributed by atoms with Crippen LogP contribution in [0.4, 0.5) is 11.4 Å². The van der Waals surface area contributed by atoms with Gasteiger partial charge in [0.2, 0.25) is 11.8 Å². The van der Waals surface area contributed by atoms with Gasteiger partial charge in [-0.2, -0.15) is 0 Å². The van der Waals surface area contributed by atoms with Crippen LogP contribution in [0.1, 0.15) is 92.4 Å². The predicted molar refractivity (Wildman–Crippen MR) is 220 cm³/mol. The fourth-order valence-electron chi connectivity index (χ4n) is 7.91. The van der Waals surface area contributed by atoms with Crippen molar-refractivity contribution in [1.82, 2.24) is 10.2 Å². The van der Waals surface area contributed by atoms with Crippen molar-refractivity contribution in [3.05, 3.63) is 119 Å². The lowest BCUT2D eigenvalue weighted by atomic mass is 9.98. The number of carbonyl (C=O) groups is 2. The number of para-hydroxylation sites is 2. The molecule has 302 valence electrons. The van der Waals surface area contributed by atoms with Gasteiger partial charge in [-0.25, -0.2) is 0 Å². The Morgan fingerprint density at radius 2 is 1.46 bits per heavy atom. The summed E-state index contributed by atoms with van der Waals surface area (Å²) in [6.45, 7) is 4.40. The first-order valence-electron chi connectivity index (χ1n) is 20.5. The number of benzene rings is 4. The van der Waals surface area contributed by atoms with Crippen LogP contribution in [0.25, 0.3) is 11.1 Å². The number of piperidine rings is 1. The molecule has 0 bridgehead atoms. The average molecular weight is 777 g/mol. The van der Waals surface area contributed by atoms with Gasteiger partial charge in [-0.3, -0.25) is 9.59 Å². The molecule has 11 nitrogen and oxygen atoms in total. The lowest BCUT2D eigenvalue weighted by Crippen LogP contribution is -2.48. The lowest BCUT2D eigenvalue weighted by Gasteiger charge is -2.41. The molecule has 7 rings (SSSR count). The van der Waals surface area contributed by atoms with E-state index in [2.05, 4.69) is 51.9 Å². The molecule has 3 atom stereocenters. The molecule has 0 aromatic heterocycles. The summed E-state index contributed by atoms with van der Waals surface area (Å²) >= 11 is 0. The van der Waals surface area contributed by atoms with E-state index in [4.69, 9.17) is 24.7 Å². The fraction of sp³-hybridized carbons (Fsp3) is 0.435. The van der Waals surface area contributed by atoms with Crippen molar-refractivity contribution in [3.8, 4) is 11.1 Å². The third kappa shape index (κ3) is 11.3. The number of nitrogen functional groups attached to an aromatic ring is 1. The highest BCUT2D eigenvalue weighted by molar-refractivity contribution is 5.93. The minimum absolute atomic E-state index is 0.00608. The normalized spacial score (nSPS) is 20.7. The SMILES string of the molecule is Nc1ccccc1NC(=O)CCCCCCC(=O)NCc1cccc(-c2ccc(C3OC(CN4CCC5(CC4)OCCO5)CC(c4ccc(CO)cc4)O3)cc2)c1. The van der Waals surface area contributed by atoms with E-state index in [1.807, 2.05) is 48.5 Å². The second-order valence-corrected chi connectivity index (χ2v) is 15.4. The first-order valence-corrected chi connectivity index (χ1v) is 20.5. The van der Waals surface area contributed by atoms with Gasteiger partial charge in [0.05, 0.1) is 43.4 Å². The Morgan fingerprint density at radius 3 is 2.18 bits per heavy atom. The van der Waals surface area contributed by atoms with Crippen molar-refractivity contribution in [2.45, 2.75) is 95.2 Å². The van der Waals surface area contributed by atoms with Crippen LogP contribution >= 0.6 is 0 Å². The van der Waals surface area contributed by atoms with E-state index >= 15 is 0 Å². The molecule has 0 saturated carbocycles. The monoisotopic (exact) mass is 776 g/mol. The smallest absolute Gasteiger partial charge is 0.224 e. The van der Waals surface area contributed by atoms with Crippen molar-refractivity contribution < 1.29 is 33.6 Å².